The summed E-state index contributed by atoms with van der Waals surface area (Å²) in [7, 11) is 0. The Balaban J connectivity index is 1.91. The van der Waals surface area contributed by atoms with Crippen LogP contribution >= 0.6 is 0 Å². The van der Waals surface area contributed by atoms with E-state index >= 15 is 0 Å². The summed E-state index contributed by atoms with van der Waals surface area (Å²) in [5.41, 5.74) is -0.494. The van der Waals surface area contributed by atoms with Crippen LogP contribution < -0.4 is 0 Å². The van der Waals surface area contributed by atoms with Gasteiger partial charge in [0, 0.05) is 19.6 Å². The van der Waals surface area contributed by atoms with Gasteiger partial charge in [-0.1, -0.05) is 6.92 Å². The number of aliphatic hydroxyl groups is 1. The van der Waals surface area contributed by atoms with Crippen LogP contribution in [-0.4, -0.2) is 48.9 Å². The first-order valence-corrected chi connectivity index (χ1v) is 6.30. The van der Waals surface area contributed by atoms with E-state index in [0.29, 0.717) is 0 Å². The van der Waals surface area contributed by atoms with Crippen molar-refractivity contribution in [2.24, 2.45) is 0 Å². The zero-order valence-corrected chi connectivity index (χ0v) is 10.6. The maximum atomic E-state index is 9.88. The van der Waals surface area contributed by atoms with E-state index in [2.05, 4.69) is 27.3 Å². The molecule has 1 saturated heterocycles. The van der Waals surface area contributed by atoms with Crippen molar-refractivity contribution >= 4 is 0 Å². The molecule has 6 nitrogen and oxygen atoms in total. The molecule has 1 aliphatic heterocycles. The highest BCUT2D eigenvalue weighted by atomic mass is 16.3. The Labute approximate surface area is 102 Å². The molecule has 0 radical (unpaired) electrons. The van der Waals surface area contributed by atoms with E-state index < -0.39 is 5.60 Å². The number of likely N-dealkylation sites (tertiary alicyclic amines) is 1. The van der Waals surface area contributed by atoms with Crippen LogP contribution in [-0.2, 0) is 13.1 Å². The third kappa shape index (κ3) is 3.23. The van der Waals surface area contributed by atoms with Crippen molar-refractivity contribution in [3.63, 3.8) is 0 Å². The standard InChI is InChI=1S/C11H21N5O/c1-3-6-16-10(12-13-14-16)9-15-7-4-11(2,17)5-8-15/h17H,3-9H2,1-2H3. The van der Waals surface area contributed by atoms with E-state index in [1.807, 2.05) is 11.6 Å². The van der Waals surface area contributed by atoms with E-state index in [-0.39, 0.29) is 0 Å². The summed E-state index contributed by atoms with van der Waals surface area (Å²) in [5.74, 6) is 0.924. The maximum absolute atomic E-state index is 9.88. The van der Waals surface area contributed by atoms with E-state index in [9.17, 15) is 5.11 Å². The lowest BCUT2D eigenvalue weighted by Crippen LogP contribution is -2.42. The Hall–Kier alpha value is -1.01. The number of aryl methyl sites for hydroxylation is 1. The van der Waals surface area contributed by atoms with Gasteiger partial charge in [-0.15, -0.1) is 5.10 Å². The van der Waals surface area contributed by atoms with Crippen molar-refractivity contribution in [2.75, 3.05) is 13.1 Å². The normalized spacial score (nSPS) is 20.6. The monoisotopic (exact) mass is 239 g/mol. The van der Waals surface area contributed by atoms with Crippen LogP contribution in [0.4, 0.5) is 0 Å². The molecule has 0 spiro atoms. The lowest BCUT2D eigenvalue weighted by molar-refractivity contribution is -0.00817. The van der Waals surface area contributed by atoms with E-state index in [0.717, 1.165) is 51.3 Å². The molecule has 6 heteroatoms. The largest absolute Gasteiger partial charge is 0.390 e. The van der Waals surface area contributed by atoms with Crippen LogP contribution in [0.3, 0.4) is 0 Å². The molecule has 0 aromatic carbocycles. The minimum Gasteiger partial charge on any atom is -0.390 e. The zero-order valence-electron chi connectivity index (χ0n) is 10.6. The van der Waals surface area contributed by atoms with Gasteiger partial charge in [-0.3, -0.25) is 4.90 Å². The Kier molecular flexibility index (Phi) is 3.73. The number of hydrogen-bond acceptors (Lipinski definition) is 5. The molecule has 0 aliphatic carbocycles. The Morgan fingerprint density at radius 3 is 2.71 bits per heavy atom. The fourth-order valence-electron chi connectivity index (χ4n) is 2.11. The summed E-state index contributed by atoms with van der Waals surface area (Å²) in [4.78, 5) is 2.30. The van der Waals surface area contributed by atoms with E-state index in [4.69, 9.17) is 0 Å². The van der Waals surface area contributed by atoms with E-state index in [1.165, 1.54) is 0 Å². The molecule has 0 atom stereocenters. The molecule has 0 unspecified atom stereocenters. The lowest BCUT2D eigenvalue weighted by atomic mass is 9.94. The van der Waals surface area contributed by atoms with Gasteiger partial charge in [-0.05, 0) is 36.6 Å². The zero-order chi connectivity index (χ0) is 12.3. The molecule has 2 heterocycles. The number of hydrogen-bond donors (Lipinski definition) is 1. The van der Waals surface area contributed by atoms with Crippen LogP contribution in [0.1, 0.15) is 38.9 Å². The maximum Gasteiger partial charge on any atom is 0.165 e. The minimum atomic E-state index is -0.494. The summed E-state index contributed by atoms with van der Waals surface area (Å²) in [6, 6.07) is 0. The van der Waals surface area contributed by atoms with Crippen molar-refractivity contribution < 1.29 is 5.11 Å². The SMILES string of the molecule is CCCn1nnnc1CN1CCC(C)(O)CC1. The quantitative estimate of drug-likeness (QED) is 0.825. The Bertz CT molecular complexity index is 352. The minimum absolute atomic E-state index is 0.494. The number of piperidine rings is 1. The number of rotatable bonds is 4. The van der Waals surface area contributed by atoms with Gasteiger partial charge in [0.2, 0.25) is 0 Å². The van der Waals surface area contributed by atoms with Crippen LogP contribution in [0, 0.1) is 0 Å². The molecule has 1 aliphatic rings. The molecule has 1 aromatic heterocycles. The molecule has 96 valence electrons. The highest BCUT2D eigenvalue weighted by molar-refractivity contribution is 4.86. The topological polar surface area (TPSA) is 67.1 Å². The first-order chi connectivity index (χ1) is 8.11. The number of aromatic nitrogens is 4. The van der Waals surface area contributed by atoms with Crippen LogP contribution in [0.25, 0.3) is 0 Å². The van der Waals surface area contributed by atoms with E-state index in [1.54, 1.807) is 0 Å². The lowest BCUT2D eigenvalue weighted by Gasteiger charge is -2.35. The predicted molar refractivity (Wildman–Crippen MR) is 63.2 cm³/mol. The van der Waals surface area contributed by atoms with Gasteiger partial charge in [0.25, 0.3) is 0 Å². The second kappa shape index (κ2) is 5.10. The second-order valence-electron chi connectivity index (χ2n) is 5.09. The molecular formula is C11H21N5O. The first-order valence-electron chi connectivity index (χ1n) is 6.30. The Morgan fingerprint density at radius 1 is 1.35 bits per heavy atom. The van der Waals surface area contributed by atoms with Crippen LogP contribution in [0.5, 0.6) is 0 Å². The van der Waals surface area contributed by atoms with Gasteiger partial charge in [0.1, 0.15) is 0 Å². The van der Waals surface area contributed by atoms with Crippen molar-refractivity contribution in [2.45, 2.75) is 51.8 Å². The highest BCUT2D eigenvalue weighted by Gasteiger charge is 2.27. The molecular weight excluding hydrogens is 218 g/mol. The molecule has 17 heavy (non-hydrogen) atoms. The third-order valence-electron chi connectivity index (χ3n) is 3.34. The van der Waals surface area contributed by atoms with Gasteiger partial charge in [0.15, 0.2) is 5.82 Å². The smallest absolute Gasteiger partial charge is 0.165 e. The van der Waals surface area contributed by atoms with Gasteiger partial charge in [0.05, 0.1) is 12.1 Å². The predicted octanol–water partition coefficient (Wildman–Crippen LogP) is 0.430. The Morgan fingerprint density at radius 2 is 2.06 bits per heavy atom. The summed E-state index contributed by atoms with van der Waals surface area (Å²) in [6.07, 6.45) is 2.68. The average Bonchev–Trinajstić information content (AvgIpc) is 2.70. The molecule has 1 aromatic rings. The van der Waals surface area contributed by atoms with Crippen LogP contribution in [0.2, 0.25) is 0 Å². The summed E-state index contributed by atoms with van der Waals surface area (Å²) in [6.45, 7) is 7.49. The van der Waals surface area contributed by atoms with Crippen molar-refractivity contribution in [3.05, 3.63) is 5.82 Å². The number of tetrazole rings is 1. The molecule has 0 amide bonds. The van der Waals surface area contributed by atoms with Crippen molar-refractivity contribution in [1.82, 2.24) is 25.1 Å². The van der Waals surface area contributed by atoms with Gasteiger partial charge >= 0.3 is 0 Å². The summed E-state index contributed by atoms with van der Waals surface area (Å²) >= 11 is 0. The van der Waals surface area contributed by atoms with Gasteiger partial charge in [-0.25, -0.2) is 4.68 Å². The van der Waals surface area contributed by atoms with Crippen molar-refractivity contribution in [1.29, 1.82) is 0 Å². The third-order valence-corrected chi connectivity index (χ3v) is 3.34. The average molecular weight is 239 g/mol. The van der Waals surface area contributed by atoms with Gasteiger partial charge < -0.3 is 5.11 Å². The van der Waals surface area contributed by atoms with Gasteiger partial charge in [-0.2, -0.15) is 0 Å². The fraction of sp³-hybridized carbons (Fsp3) is 0.909. The second-order valence-corrected chi connectivity index (χ2v) is 5.09. The molecule has 1 N–H and O–H groups in total. The molecule has 1 fully saturated rings. The summed E-state index contributed by atoms with van der Waals surface area (Å²) < 4.78 is 1.87. The van der Waals surface area contributed by atoms with Crippen molar-refractivity contribution in [3.8, 4) is 0 Å². The molecule has 0 saturated carbocycles. The fourth-order valence-corrected chi connectivity index (χ4v) is 2.11. The highest BCUT2D eigenvalue weighted by Crippen LogP contribution is 2.21. The number of nitrogens with zero attached hydrogens (tertiary/aromatic N) is 5. The molecule has 2 rings (SSSR count). The summed E-state index contributed by atoms with van der Waals surface area (Å²) in [5, 5.41) is 21.6. The van der Waals surface area contributed by atoms with Crippen LogP contribution in [0.15, 0.2) is 0 Å². The molecule has 0 bridgehead atoms. The first kappa shape index (κ1) is 12.4.